The van der Waals surface area contributed by atoms with E-state index in [1.807, 2.05) is 23.1 Å². The van der Waals surface area contributed by atoms with Crippen molar-refractivity contribution in [3.63, 3.8) is 0 Å². The van der Waals surface area contributed by atoms with Crippen molar-refractivity contribution in [1.29, 1.82) is 0 Å². The zero-order valence-corrected chi connectivity index (χ0v) is 18.9. The van der Waals surface area contributed by atoms with Crippen LogP contribution in [0.1, 0.15) is 66.5 Å². The van der Waals surface area contributed by atoms with Crippen LogP contribution in [0.5, 0.6) is 0 Å². The molecule has 3 heterocycles. The van der Waals surface area contributed by atoms with Gasteiger partial charge in [-0.3, -0.25) is 9.20 Å². The van der Waals surface area contributed by atoms with E-state index in [0.29, 0.717) is 36.1 Å². The summed E-state index contributed by atoms with van der Waals surface area (Å²) in [5.74, 6) is 1.71. The lowest BCUT2D eigenvalue weighted by atomic mass is 9.97. The van der Waals surface area contributed by atoms with Gasteiger partial charge in [-0.1, -0.05) is 19.1 Å². The second-order valence-electron chi connectivity index (χ2n) is 9.37. The molecule has 1 aliphatic heterocycles. The highest BCUT2D eigenvalue weighted by molar-refractivity contribution is 5.85. The fourth-order valence-electron chi connectivity index (χ4n) is 4.70. The average molecular weight is 458 g/mol. The third kappa shape index (κ3) is 3.52. The summed E-state index contributed by atoms with van der Waals surface area (Å²) in [4.78, 5) is 19.5. The van der Waals surface area contributed by atoms with Gasteiger partial charge < -0.3 is 10.2 Å². The number of benzene rings is 1. The molecule has 0 spiro atoms. The summed E-state index contributed by atoms with van der Waals surface area (Å²) in [6.07, 6.45) is -2.65. The standard InChI is InChI=1S/C23H25F3N6O/c1-12-15(6-5-7-17(12)23(24,25)26)13(2)27-19-16-10-31(20(33)22(4)8-9-22)11-18(16)32-14(3)29-30-21(32)28-19/h5-7,13H,8-11H2,1-4H3,(H,27,28,30)/t13-/m1/s1. The smallest absolute Gasteiger partial charge is 0.363 e. The predicted molar refractivity (Wildman–Crippen MR) is 115 cm³/mol. The number of fused-ring (bicyclic) bond motifs is 3. The molecule has 0 unspecified atom stereocenters. The summed E-state index contributed by atoms with van der Waals surface area (Å²) in [5, 5.41) is 11.6. The van der Waals surface area contributed by atoms with Crippen molar-refractivity contribution in [2.24, 2.45) is 5.41 Å². The van der Waals surface area contributed by atoms with E-state index in [-0.39, 0.29) is 16.9 Å². The van der Waals surface area contributed by atoms with E-state index in [9.17, 15) is 18.0 Å². The van der Waals surface area contributed by atoms with Gasteiger partial charge in [0.25, 0.3) is 5.78 Å². The number of anilines is 1. The Kier molecular flexibility index (Phi) is 4.70. The van der Waals surface area contributed by atoms with Gasteiger partial charge in [-0.2, -0.15) is 18.2 Å². The quantitative estimate of drug-likeness (QED) is 0.620. The van der Waals surface area contributed by atoms with Crippen LogP contribution in [0, 0.1) is 19.3 Å². The monoisotopic (exact) mass is 458 g/mol. The van der Waals surface area contributed by atoms with Crippen LogP contribution >= 0.6 is 0 Å². The van der Waals surface area contributed by atoms with E-state index in [0.717, 1.165) is 30.2 Å². The van der Waals surface area contributed by atoms with Gasteiger partial charge in [-0.15, -0.1) is 10.2 Å². The molecule has 0 bridgehead atoms. The van der Waals surface area contributed by atoms with Crippen LogP contribution < -0.4 is 5.32 Å². The van der Waals surface area contributed by atoms with E-state index >= 15 is 0 Å². The average Bonchev–Trinajstić information content (AvgIpc) is 3.17. The maximum atomic E-state index is 13.4. The van der Waals surface area contributed by atoms with E-state index < -0.39 is 17.8 Å². The Morgan fingerprint density at radius 1 is 1.18 bits per heavy atom. The van der Waals surface area contributed by atoms with Crippen molar-refractivity contribution in [2.75, 3.05) is 5.32 Å². The zero-order chi connectivity index (χ0) is 23.7. The van der Waals surface area contributed by atoms with Crippen LogP contribution in [0.2, 0.25) is 0 Å². The number of alkyl halides is 3. The number of amides is 1. The van der Waals surface area contributed by atoms with Crippen molar-refractivity contribution in [2.45, 2.75) is 65.8 Å². The van der Waals surface area contributed by atoms with Gasteiger partial charge in [0, 0.05) is 11.0 Å². The Morgan fingerprint density at radius 3 is 2.58 bits per heavy atom. The molecule has 7 nitrogen and oxygen atoms in total. The van der Waals surface area contributed by atoms with Crippen LogP contribution in [-0.4, -0.2) is 30.4 Å². The lowest BCUT2D eigenvalue weighted by molar-refractivity contribution is -0.138. The van der Waals surface area contributed by atoms with Crippen LogP contribution in [0.4, 0.5) is 19.0 Å². The highest BCUT2D eigenvalue weighted by atomic mass is 19.4. The number of aryl methyl sites for hydroxylation is 1. The summed E-state index contributed by atoms with van der Waals surface area (Å²) in [6.45, 7) is 7.91. The Bertz CT molecular complexity index is 1280. The maximum absolute atomic E-state index is 13.4. The van der Waals surface area contributed by atoms with Gasteiger partial charge in [0.05, 0.1) is 30.4 Å². The molecule has 0 radical (unpaired) electrons. The summed E-state index contributed by atoms with van der Waals surface area (Å²) in [6, 6.07) is 3.75. The summed E-state index contributed by atoms with van der Waals surface area (Å²) in [5.41, 5.74) is 1.50. The van der Waals surface area contributed by atoms with E-state index in [4.69, 9.17) is 0 Å². The normalized spacial score (nSPS) is 17.8. The van der Waals surface area contributed by atoms with Crippen molar-refractivity contribution in [3.05, 3.63) is 52.0 Å². The van der Waals surface area contributed by atoms with Gasteiger partial charge >= 0.3 is 6.18 Å². The van der Waals surface area contributed by atoms with Crippen molar-refractivity contribution in [3.8, 4) is 0 Å². The highest BCUT2D eigenvalue weighted by Gasteiger charge is 2.48. The second-order valence-corrected chi connectivity index (χ2v) is 9.37. The third-order valence-electron chi connectivity index (χ3n) is 6.92. The molecule has 33 heavy (non-hydrogen) atoms. The molecule has 0 saturated heterocycles. The number of carbonyl (C=O) groups is 1. The predicted octanol–water partition coefficient (Wildman–Crippen LogP) is 4.58. The molecular weight excluding hydrogens is 433 g/mol. The van der Waals surface area contributed by atoms with Crippen LogP contribution in [-0.2, 0) is 24.1 Å². The number of hydrogen-bond donors (Lipinski definition) is 1. The first kappa shape index (κ1) is 21.7. The first-order chi connectivity index (χ1) is 15.5. The first-order valence-electron chi connectivity index (χ1n) is 11.0. The van der Waals surface area contributed by atoms with Crippen molar-refractivity contribution >= 4 is 17.5 Å². The van der Waals surface area contributed by atoms with E-state index in [2.05, 4.69) is 20.5 Å². The number of carbonyl (C=O) groups excluding carboxylic acids is 1. The van der Waals surface area contributed by atoms with Gasteiger partial charge in [0.1, 0.15) is 11.6 Å². The number of nitrogens with zero attached hydrogens (tertiary/aromatic N) is 5. The zero-order valence-electron chi connectivity index (χ0n) is 18.9. The van der Waals surface area contributed by atoms with Gasteiger partial charge in [0.2, 0.25) is 5.91 Å². The summed E-state index contributed by atoms with van der Waals surface area (Å²) in [7, 11) is 0. The third-order valence-corrected chi connectivity index (χ3v) is 6.92. The fourth-order valence-corrected chi connectivity index (χ4v) is 4.70. The lowest BCUT2D eigenvalue weighted by Gasteiger charge is -2.22. The largest absolute Gasteiger partial charge is 0.416 e. The second kappa shape index (κ2) is 7.16. The topological polar surface area (TPSA) is 75.4 Å². The van der Waals surface area contributed by atoms with Crippen LogP contribution in [0.25, 0.3) is 5.78 Å². The van der Waals surface area contributed by atoms with Crippen molar-refractivity contribution in [1.82, 2.24) is 24.5 Å². The minimum absolute atomic E-state index is 0.116. The first-order valence-corrected chi connectivity index (χ1v) is 11.0. The van der Waals surface area contributed by atoms with Crippen LogP contribution in [0.15, 0.2) is 18.2 Å². The van der Waals surface area contributed by atoms with E-state index in [1.54, 1.807) is 13.0 Å². The molecule has 1 aliphatic carbocycles. The molecule has 1 aromatic carbocycles. The highest BCUT2D eigenvalue weighted by Crippen LogP contribution is 2.48. The molecule has 3 aromatic rings. The lowest BCUT2D eigenvalue weighted by Crippen LogP contribution is -2.31. The number of hydrogen-bond acceptors (Lipinski definition) is 5. The summed E-state index contributed by atoms with van der Waals surface area (Å²) >= 11 is 0. The molecule has 2 aromatic heterocycles. The van der Waals surface area contributed by atoms with Gasteiger partial charge in [-0.05, 0) is 50.8 Å². The maximum Gasteiger partial charge on any atom is 0.416 e. The minimum atomic E-state index is -4.42. The molecule has 1 N–H and O–H groups in total. The van der Waals surface area contributed by atoms with Gasteiger partial charge in [-0.25, -0.2) is 0 Å². The number of halogens is 3. The number of aromatic nitrogens is 4. The molecule has 1 saturated carbocycles. The molecule has 1 amide bonds. The Balaban J connectivity index is 1.52. The van der Waals surface area contributed by atoms with Crippen molar-refractivity contribution < 1.29 is 18.0 Å². The van der Waals surface area contributed by atoms with Crippen LogP contribution in [0.3, 0.4) is 0 Å². The molecule has 10 heteroatoms. The molecule has 2 aliphatic rings. The van der Waals surface area contributed by atoms with E-state index in [1.165, 1.54) is 13.0 Å². The fraction of sp³-hybridized carbons (Fsp3) is 0.478. The Morgan fingerprint density at radius 2 is 1.91 bits per heavy atom. The van der Waals surface area contributed by atoms with Gasteiger partial charge in [0.15, 0.2) is 0 Å². The molecular formula is C23H25F3N6O. The summed E-state index contributed by atoms with van der Waals surface area (Å²) < 4.78 is 42.1. The minimum Gasteiger partial charge on any atom is -0.363 e. The molecule has 5 rings (SSSR count). The Hall–Kier alpha value is -3.17. The number of nitrogens with one attached hydrogen (secondary N) is 1. The molecule has 1 fully saturated rings. The number of rotatable bonds is 4. The molecule has 1 atom stereocenters. The Labute approximate surface area is 189 Å². The molecule has 174 valence electrons. The SMILES string of the molecule is Cc1c([C@@H](C)Nc2nc3nnc(C)n3c3c2CN(C(=O)C2(C)CC2)C3)cccc1C(F)(F)F.